The molecule has 0 aliphatic heterocycles. The van der Waals surface area contributed by atoms with Crippen LogP contribution in [0.2, 0.25) is 0 Å². The van der Waals surface area contributed by atoms with Crippen LogP contribution in [0.15, 0.2) is 0 Å². The van der Waals surface area contributed by atoms with Crippen molar-refractivity contribution in [2.45, 2.75) is 58.3 Å². The van der Waals surface area contributed by atoms with Gasteiger partial charge in [-0.05, 0) is 5.92 Å². The van der Waals surface area contributed by atoms with Crippen LogP contribution in [0.3, 0.4) is 0 Å². The zero-order valence-electron chi connectivity index (χ0n) is 7.23. The molecule has 0 atom stereocenters. The van der Waals surface area contributed by atoms with Crippen molar-refractivity contribution in [1.82, 2.24) is 0 Å². The number of rotatable bonds is 5. The first-order chi connectivity index (χ1) is 4.93. The highest BCUT2D eigenvalue weighted by molar-refractivity contribution is 4.68. The molecule has 0 unspecified atom stereocenters. The maximum atomic E-state index is 2.28. The van der Waals surface area contributed by atoms with E-state index in [0.717, 1.165) is 5.92 Å². The fourth-order valence-electron chi connectivity index (χ4n) is 1.64. The molecule has 0 aromatic heterocycles. The summed E-state index contributed by atoms with van der Waals surface area (Å²) >= 11 is 0. The lowest BCUT2D eigenvalue weighted by atomic mass is 9.82. The van der Waals surface area contributed by atoms with Gasteiger partial charge in [0, 0.05) is 0 Å². The average molecular weight is 140 g/mol. The molecule has 0 aromatic carbocycles. The topological polar surface area (TPSA) is 0 Å². The zero-order chi connectivity index (χ0) is 7.23. The van der Waals surface area contributed by atoms with Crippen LogP contribution in [0.1, 0.15) is 58.3 Å². The third kappa shape index (κ3) is 2.72. The molecule has 1 saturated carbocycles. The Bertz CT molecular complexity index is 72.1. The normalized spacial score (nSPS) is 18.9. The summed E-state index contributed by atoms with van der Waals surface area (Å²) in [5.74, 6) is 1.14. The number of unbranched alkanes of at least 4 members (excludes halogenated alkanes) is 3. The van der Waals surface area contributed by atoms with Crippen molar-refractivity contribution in [3.8, 4) is 0 Å². The predicted molar refractivity (Wildman–Crippen MR) is 46.1 cm³/mol. The van der Waals surface area contributed by atoms with E-state index in [-0.39, 0.29) is 0 Å². The van der Waals surface area contributed by atoms with Crippen molar-refractivity contribution >= 4 is 0 Å². The minimum Gasteiger partial charge on any atom is -0.0654 e. The smallest absolute Gasteiger partial charge is 0.0414 e. The molecule has 0 aromatic rings. The van der Waals surface area contributed by atoms with Crippen LogP contribution in [0.5, 0.6) is 0 Å². The Morgan fingerprint density at radius 1 is 1.10 bits per heavy atom. The third-order valence-electron chi connectivity index (χ3n) is 2.69. The van der Waals surface area contributed by atoms with Gasteiger partial charge < -0.3 is 0 Å². The number of hydrogen-bond acceptors (Lipinski definition) is 0. The summed E-state index contributed by atoms with van der Waals surface area (Å²) in [5.41, 5.74) is 0. The molecule has 0 heteroatoms. The molecular formula is C10H20. The quantitative estimate of drug-likeness (QED) is 0.510. The van der Waals surface area contributed by atoms with E-state index in [1.807, 2.05) is 0 Å². The molecule has 1 rings (SSSR count). The highest BCUT2D eigenvalue weighted by atomic mass is 14.2. The van der Waals surface area contributed by atoms with Crippen molar-refractivity contribution in [2.75, 3.05) is 0 Å². The van der Waals surface area contributed by atoms with Crippen molar-refractivity contribution in [3.63, 3.8) is 0 Å². The summed E-state index contributed by atoms with van der Waals surface area (Å²) in [7, 11) is 0. The molecular weight excluding hydrogens is 120 g/mol. The lowest BCUT2D eigenvalue weighted by Crippen LogP contribution is -2.10. The highest BCUT2D eigenvalue weighted by Crippen LogP contribution is 2.30. The summed E-state index contributed by atoms with van der Waals surface area (Å²) < 4.78 is 0. The summed E-state index contributed by atoms with van der Waals surface area (Å²) in [6.07, 6.45) is 11.9. The molecule has 0 N–H and O–H groups in total. The SMILES string of the molecule is CCCCCCC1CCC1. The summed E-state index contributed by atoms with van der Waals surface area (Å²) in [6.45, 7) is 2.28. The van der Waals surface area contributed by atoms with Gasteiger partial charge in [-0.1, -0.05) is 58.3 Å². The Balaban J connectivity index is 1.76. The van der Waals surface area contributed by atoms with E-state index in [4.69, 9.17) is 0 Å². The molecule has 0 saturated heterocycles. The Kier molecular flexibility index (Phi) is 3.86. The lowest BCUT2D eigenvalue weighted by molar-refractivity contribution is 0.286. The van der Waals surface area contributed by atoms with Gasteiger partial charge in [0.15, 0.2) is 0 Å². The van der Waals surface area contributed by atoms with Gasteiger partial charge in [0.25, 0.3) is 0 Å². The van der Waals surface area contributed by atoms with Crippen LogP contribution in [-0.2, 0) is 0 Å². The summed E-state index contributed by atoms with van der Waals surface area (Å²) in [4.78, 5) is 0. The van der Waals surface area contributed by atoms with Gasteiger partial charge in [0.05, 0.1) is 0 Å². The maximum absolute atomic E-state index is 2.28. The molecule has 0 spiro atoms. The molecule has 60 valence electrons. The summed E-state index contributed by atoms with van der Waals surface area (Å²) in [5, 5.41) is 0. The van der Waals surface area contributed by atoms with E-state index in [1.165, 1.54) is 51.4 Å². The molecule has 1 aliphatic carbocycles. The van der Waals surface area contributed by atoms with E-state index in [9.17, 15) is 0 Å². The molecule has 1 fully saturated rings. The average Bonchev–Trinajstić information content (AvgIpc) is 1.84. The molecule has 1 aliphatic rings. The van der Waals surface area contributed by atoms with Crippen molar-refractivity contribution < 1.29 is 0 Å². The van der Waals surface area contributed by atoms with Crippen molar-refractivity contribution in [2.24, 2.45) is 5.92 Å². The van der Waals surface area contributed by atoms with E-state index in [1.54, 1.807) is 0 Å². The van der Waals surface area contributed by atoms with E-state index < -0.39 is 0 Å². The third-order valence-corrected chi connectivity index (χ3v) is 2.69. The second-order valence-electron chi connectivity index (χ2n) is 3.65. The van der Waals surface area contributed by atoms with Crippen LogP contribution >= 0.6 is 0 Å². The van der Waals surface area contributed by atoms with Crippen LogP contribution in [-0.4, -0.2) is 0 Å². The van der Waals surface area contributed by atoms with Gasteiger partial charge in [0.2, 0.25) is 0 Å². The second kappa shape index (κ2) is 4.76. The zero-order valence-corrected chi connectivity index (χ0v) is 7.23. The molecule has 10 heavy (non-hydrogen) atoms. The maximum Gasteiger partial charge on any atom is -0.0414 e. The second-order valence-corrected chi connectivity index (χ2v) is 3.65. The van der Waals surface area contributed by atoms with Gasteiger partial charge in [-0.25, -0.2) is 0 Å². The first-order valence-corrected chi connectivity index (χ1v) is 4.93. The minimum atomic E-state index is 1.14. The molecule has 0 nitrogen and oxygen atoms in total. The first kappa shape index (κ1) is 8.10. The monoisotopic (exact) mass is 140 g/mol. The van der Waals surface area contributed by atoms with Crippen LogP contribution in [0, 0.1) is 5.92 Å². The Labute approximate surface area is 65.0 Å². The van der Waals surface area contributed by atoms with Gasteiger partial charge in [-0.2, -0.15) is 0 Å². The standard InChI is InChI=1S/C10H20/c1-2-3-4-5-7-10-8-6-9-10/h10H,2-9H2,1H3. The Morgan fingerprint density at radius 2 is 1.90 bits per heavy atom. The van der Waals surface area contributed by atoms with E-state index in [0.29, 0.717) is 0 Å². The Hall–Kier alpha value is 0. The largest absolute Gasteiger partial charge is 0.0654 e. The lowest BCUT2D eigenvalue weighted by Gasteiger charge is -2.24. The Morgan fingerprint density at radius 3 is 2.40 bits per heavy atom. The fraction of sp³-hybridized carbons (Fsp3) is 1.00. The van der Waals surface area contributed by atoms with Gasteiger partial charge >= 0.3 is 0 Å². The van der Waals surface area contributed by atoms with Crippen LogP contribution in [0.4, 0.5) is 0 Å². The first-order valence-electron chi connectivity index (χ1n) is 4.93. The van der Waals surface area contributed by atoms with Crippen LogP contribution in [0.25, 0.3) is 0 Å². The van der Waals surface area contributed by atoms with Gasteiger partial charge in [-0.3, -0.25) is 0 Å². The number of hydrogen-bond donors (Lipinski definition) is 0. The molecule has 0 heterocycles. The van der Waals surface area contributed by atoms with Crippen molar-refractivity contribution in [1.29, 1.82) is 0 Å². The van der Waals surface area contributed by atoms with E-state index in [2.05, 4.69) is 6.92 Å². The highest BCUT2D eigenvalue weighted by Gasteiger charge is 2.15. The molecule has 0 radical (unpaired) electrons. The van der Waals surface area contributed by atoms with Gasteiger partial charge in [0.1, 0.15) is 0 Å². The molecule has 0 amide bonds. The molecule has 0 bridgehead atoms. The fourth-order valence-corrected chi connectivity index (χ4v) is 1.64. The van der Waals surface area contributed by atoms with Gasteiger partial charge in [-0.15, -0.1) is 0 Å². The minimum absolute atomic E-state index is 1.14. The summed E-state index contributed by atoms with van der Waals surface area (Å²) in [6, 6.07) is 0. The predicted octanol–water partition coefficient (Wildman–Crippen LogP) is 3.76. The van der Waals surface area contributed by atoms with Crippen molar-refractivity contribution in [3.05, 3.63) is 0 Å². The van der Waals surface area contributed by atoms with E-state index >= 15 is 0 Å². The van der Waals surface area contributed by atoms with Crippen LogP contribution < -0.4 is 0 Å².